The summed E-state index contributed by atoms with van der Waals surface area (Å²) < 4.78 is -2.29. The monoisotopic (exact) mass is 610 g/mol. The minimum absolute atomic E-state index is 0.284. The van der Waals surface area contributed by atoms with Crippen molar-refractivity contribution in [2.75, 3.05) is 0 Å². The Morgan fingerprint density at radius 2 is 1.29 bits per heavy atom. The lowest BCUT2D eigenvalue weighted by atomic mass is 9.79. The second-order valence-corrected chi connectivity index (χ2v) is 13.6. The highest BCUT2D eigenvalue weighted by Gasteiger charge is 2.85. The molecule has 5 N–H and O–H groups in total. The molecule has 4 atom stereocenters. The molecule has 1 saturated carbocycles. The van der Waals surface area contributed by atoms with Crippen LogP contribution in [0.15, 0.2) is 10.1 Å². The molecule has 0 aromatic rings. The number of halogens is 6. The lowest BCUT2D eigenvalue weighted by Gasteiger charge is -2.46. The van der Waals surface area contributed by atoms with E-state index < -0.39 is 59.7 Å². The highest BCUT2D eigenvalue weighted by molar-refractivity contribution is 6.66. The highest BCUT2D eigenvalue weighted by atomic mass is 35.5. The minimum Gasteiger partial charge on any atom is -0.481 e. The Morgan fingerprint density at radius 1 is 0.829 bits per heavy atom. The fraction of sp³-hybridized carbons (Fsp3) is 0.700. The lowest BCUT2D eigenvalue weighted by molar-refractivity contribution is -0.148. The number of hydrazine groups is 1. The van der Waals surface area contributed by atoms with Crippen LogP contribution < -0.4 is 21.5 Å². The van der Waals surface area contributed by atoms with Gasteiger partial charge in [0, 0.05) is 17.1 Å². The molecule has 1 heterocycles. The van der Waals surface area contributed by atoms with Crippen molar-refractivity contribution in [3.63, 3.8) is 0 Å². The van der Waals surface area contributed by atoms with Crippen molar-refractivity contribution >= 4 is 93.3 Å². The first-order chi connectivity index (χ1) is 15.7. The maximum atomic E-state index is 13.0. The maximum absolute atomic E-state index is 13.0. The number of piperidine rings is 1. The Labute approximate surface area is 231 Å². The molecule has 15 heteroatoms. The van der Waals surface area contributed by atoms with E-state index in [0.717, 1.165) is 0 Å². The quantitative estimate of drug-likeness (QED) is 0.189. The number of carbonyl (C=O) groups excluding carboxylic acids is 3. The second kappa shape index (κ2) is 8.96. The Morgan fingerprint density at radius 3 is 1.74 bits per heavy atom. The summed E-state index contributed by atoms with van der Waals surface area (Å²) >= 11 is 38.0. The van der Waals surface area contributed by atoms with Gasteiger partial charge in [-0.05, 0) is 40.5 Å². The zero-order valence-electron chi connectivity index (χ0n) is 19.0. The summed E-state index contributed by atoms with van der Waals surface area (Å²) in [6.07, 6.45) is 1.13. The first-order valence-electron chi connectivity index (χ1n) is 10.5. The summed E-state index contributed by atoms with van der Waals surface area (Å²) in [5.74, 6) is -8.44. The van der Waals surface area contributed by atoms with E-state index in [4.69, 9.17) is 69.6 Å². The fourth-order valence-corrected chi connectivity index (χ4v) is 8.49. The molecule has 1 aliphatic heterocycles. The number of aliphatic carboxylic acids is 1. The molecule has 3 rings (SSSR count). The Kier molecular flexibility index (Phi) is 7.40. The van der Waals surface area contributed by atoms with Crippen LogP contribution in [0.2, 0.25) is 0 Å². The normalized spacial score (nSPS) is 34.9. The summed E-state index contributed by atoms with van der Waals surface area (Å²) in [7, 11) is 0. The first-order valence-corrected chi connectivity index (χ1v) is 12.7. The van der Waals surface area contributed by atoms with Gasteiger partial charge in [-0.15, -0.1) is 23.2 Å². The van der Waals surface area contributed by atoms with E-state index >= 15 is 0 Å². The van der Waals surface area contributed by atoms with Crippen LogP contribution in [-0.4, -0.2) is 60.0 Å². The summed E-state index contributed by atoms with van der Waals surface area (Å²) in [5, 5.41) is 15.1. The number of hydrogen-bond donors (Lipinski definition) is 5. The number of carboxylic acid groups (broad SMARTS) is 1. The van der Waals surface area contributed by atoms with Gasteiger partial charge in [0.25, 0.3) is 0 Å². The summed E-state index contributed by atoms with van der Waals surface area (Å²) in [5.41, 5.74) is 3.39. The molecule has 35 heavy (non-hydrogen) atoms. The van der Waals surface area contributed by atoms with Crippen LogP contribution in [-0.2, 0) is 19.2 Å². The number of alkyl halides is 4. The lowest BCUT2D eigenvalue weighted by Crippen LogP contribution is -2.63. The smallest absolute Gasteiger partial charge is 0.327 e. The number of rotatable bonds is 3. The van der Waals surface area contributed by atoms with E-state index in [1.165, 1.54) is 0 Å². The first kappa shape index (κ1) is 28.9. The Balaban J connectivity index is 1.73. The number of hydrogen-bond acceptors (Lipinski definition) is 5. The van der Waals surface area contributed by atoms with Crippen molar-refractivity contribution in [1.29, 1.82) is 0 Å². The molecule has 2 bridgehead atoms. The molecule has 0 spiro atoms. The zero-order chi connectivity index (χ0) is 26.9. The van der Waals surface area contributed by atoms with E-state index in [-0.39, 0.29) is 17.1 Å². The molecule has 9 nitrogen and oxygen atoms in total. The van der Waals surface area contributed by atoms with Gasteiger partial charge in [0.2, 0.25) is 5.91 Å². The van der Waals surface area contributed by atoms with E-state index in [1.807, 2.05) is 38.5 Å². The van der Waals surface area contributed by atoms with Crippen molar-refractivity contribution in [3.05, 3.63) is 10.1 Å². The SMILES string of the molecule is CC1(C)CC(NC(=O)C(=O)NNC(=O)C2C(C(=O)O)C3(Cl)C(Cl)=C(Cl)C2(Cl)C3(Cl)Cl)CC(C)(C)N1. The summed E-state index contributed by atoms with van der Waals surface area (Å²) in [6.45, 7) is 7.92. The van der Waals surface area contributed by atoms with Gasteiger partial charge in [0.1, 0.15) is 9.75 Å². The number of fused-ring (bicyclic) bond motifs is 2. The molecule has 0 aromatic carbocycles. The molecule has 3 aliphatic rings. The van der Waals surface area contributed by atoms with E-state index in [2.05, 4.69) is 10.6 Å². The van der Waals surface area contributed by atoms with E-state index in [9.17, 15) is 24.3 Å². The van der Waals surface area contributed by atoms with Crippen LogP contribution in [0.25, 0.3) is 0 Å². The van der Waals surface area contributed by atoms with Crippen molar-refractivity contribution < 1.29 is 24.3 Å². The topological polar surface area (TPSA) is 137 Å². The average molecular weight is 613 g/mol. The molecular weight excluding hydrogens is 589 g/mol. The van der Waals surface area contributed by atoms with Gasteiger partial charge < -0.3 is 15.7 Å². The molecule has 1 saturated heterocycles. The molecule has 2 fully saturated rings. The van der Waals surface area contributed by atoms with Gasteiger partial charge in [-0.2, -0.15) is 0 Å². The Hall–Kier alpha value is -0.680. The number of carboxylic acids is 1. The largest absolute Gasteiger partial charge is 0.481 e. The third-order valence-corrected chi connectivity index (χ3v) is 10.8. The molecule has 196 valence electrons. The molecule has 3 amide bonds. The predicted octanol–water partition coefficient (Wildman–Crippen LogP) is 2.72. The van der Waals surface area contributed by atoms with Gasteiger partial charge in [0.15, 0.2) is 4.33 Å². The van der Waals surface area contributed by atoms with Gasteiger partial charge >= 0.3 is 17.8 Å². The van der Waals surface area contributed by atoms with Crippen LogP contribution in [0, 0.1) is 11.8 Å². The summed E-state index contributed by atoms with van der Waals surface area (Å²) in [6, 6.07) is -0.307. The number of carbonyl (C=O) groups is 4. The second-order valence-electron chi connectivity index (χ2n) is 10.3. The van der Waals surface area contributed by atoms with Crippen LogP contribution in [0.1, 0.15) is 40.5 Å². The molecular formula is C20H24Cl6N4O5. The van der Waals surface area contributed by atoms with Gasteiger partial charge in [-0.25, -0.2) is 0 Å². The number of nitrogens with one attached hydrogen (secondary N) is 4. The number of allylic oxidation sites excluding steroid dienone is 2. The minimum atomic E-state index is -2.29. The average Bonchev–Trinajstić information content (AvgIpc) is 2.89. The summed E-state index contributed by atoms with van der Waals surface area (Å²) in [4.78, 5) is 45.5. The van der Waals surface area contributed by atoms with Crippen molar-refractivity contribution in [2.45, 2.75) is 71.7 Å². The van der Waals surface area contributed by atoms with Gasteiger partial charge in [-0.1, -0.05) is 46.4 Å². The third-order valence-electron chi connectivity index (χ3n) is 6.52. The van der Waals surface area contributed by atoms with Crippen LogP contribution in [0.5, 0.6) is 0 Å². The number of amides is 3. The standard InChI is InChI=1S/C20H24Cl6N4O5/c1-16(2)5-7(6-17(3,4)30-16)27-13(32)14(33)29-28-12(31)8-9(15(34)35)19(24)11(22)10(21)18(8,23)20(19,25)26/h7-9,30H,5-6H2,1-4H3,(H,27,32)(H,28,31)(H,29,33)(H,34,35). The van der Waals surface area contributed by atoms with Crippen molar-refractivity contribution in [1.82, 2.24) is 21.5 Å². The van der Waals surface area contributed by atoms with Gasteiger partial charge in [0.05, 0.1) is 21.9 Å². The van der Waals surface area contributed by atoms with Crippen LogP contribution in [0.4, 0.5) is 0 Å². The third kappa shape index (κ3) is 4.39. The van der Waals surface area contributed by atoms with Crippen molar-refractivity contribution in [3.8, 4) is 0 Å². The Bertz CT molecular complexity index is 1020. The molecule has 2 aliphatic carbocycles. The van der Waals surface area contributed by atoms with Crippen LogP contribution in [0.3, 0.4) is 0 Å². The van der Waals surface area contributed by atoms with Crippen LogP contribution >= 0.6 is 69.6 Å². The van der Waals surface area contributed by atoms with E-state index in [1.54, 1.807) is 0 Å². The molecule has 0 radical (unpaired) electrons. The predicted molar refractivity (Wildman–Crippen MR) is 134 cm³/mol. The fourth-order valence-electron chi connectivity index (χ4n) is 5.56. The van der Waals surface area contributed by atoms with Gasteiger partial charge in [-0.3, -0.25) is 30.0 Å². The molecule has 4 unspecified atom stereocenters. The highest BCUT2D eigenvalue weighted by Crippen LogP contribution is 2.76. The van der Waals surface area contributed by atoms with Crippen molar-refractivity contribution in [2.24, 2.45) is 11.8 Å². The maximum Gasteiger partial charge on any atom is 0.327 e. The van der Waals surface area contributed by atoms with E-state index in [0.29, 0.717) is 12.8 Å². The zero-order valence-corrected chi connectivity index (χ0v) is 23.5. The molecule has 0 aromatic heterocycles.